The first-order chi connectivity index (χ1) is 11.1. The normalized spacial score (nSPS) is 21.3. The number of ether oxygens (including phenoxy) is 1. The van der Waals surface area contributed by atoms with Crippen LogP contribution in [0.2, 0.25) is 0 Å². The molecule has 2 aliphatic rings. The molecular formula is C17H23N3O3. The molecule has 1 aromatic rings. The van der Waals surface area contributed by atoms with Gasteiger partial charge < -0.3 is 20.7 Å². The van der Waals surface area contributed by atoms with Crippen LogP contribution in [0.1, 0.15) is 36.9 Å². The Labute approximate surface area is 136 Å². The van der Waals surface area contributed by atoms with Crippen LogP contribution in [0.5, 0.6) is 0 Å². The molecule has 1 saturated heterocycles. The molecule has 6 nitrogen and oxygen atoms in total. The monoisotopic (exact) mass is 317 g/mol. The predicted octanol–water partition coefficient (Wildman–Crippen LogP) is 1.97. The lowest BCUT2D eigenvalue weighted by molar-refractivity contribution is -0.116. The summed E-state index contributed by atoms with van der Waals surface area (Å²) < 4.78 is 5.30. The second kappa shape index (κ2) is 7.00. The minimum atomic E-state index is -0.157. The second-order valence-corrected chi connectivity index (χ2v) is 6.27. The molecule has 1 fully saturated rings. The maximum Gasteiger partial charge on any atom is 0.315 e. The highest BCUT2D eigenvalue weighted by Gasteiger charge is 2.19. The Hall–Kier alpha value is -2.08. The van der Waals surface area contributed by atoms with E-state index in [-0.39, 0.29) is 18.0 Å². The third-order valence-electron chi connectivity index (χ3n) is 4.45. The van der Waals surface area contributed by atoms with Crippen molar-refractivity contribution in [2.75, 3.05) is 25.1 Å². The van der Waals surface area contributed by atoms with E-state index in [1.54, 1.807) is 0 Å². The number of rotatable bonds is 4. The van der Waals surface area contributed by atoms with Gasteiger partial charge in [0.2, 0.25) is 5.91 Å². The van der Waals surface area contributed by atoms with Crippen molar-refractivity contribution in [1.29, 1.82) is 0 Å². The van der Waals surface area contributed by atoms with Crippen LogP contribution in [-0.4, -0.2) is 31.7 Å². The summed E-state index contributed by atoms with van der Waals surface area (Å²) in [4.78, 5) is 23.4. The molecule has 2 heterocycles. The maximum absolute atomic E-state index is 12.0. The summed E-state index contributed by atoms with van der Waals surface area (Å²) in [6.45, 7) is 4.12. The Morgan fingerprint density at radius 2 is 2.30 bits per heavy atom. The van der Waals surface area contributed by atoms with Crippen LogP contribution in [0.15, 0.2) is 18.2 Å². The van der Waals surface area contributed by atoms with E-state index < -0.39 is 0 Å². The SMILES string of the molecule is CC(NC(=O)NCC1CCOC1)c1ccc2c(c1)CCC(=O)N2. The van der Waals surface area contributed by atoms with Crippen LogP contribution in [0.3, 0.4) is 0 Å². The predicted molar refractivity (Wildman–Crippen MR) is 87.3 cm³/mol. The Morgan fingerprint density at radius 1 is 1.43 bits per heavy atom. The molecule has 124 valence electrons. The number of fused-ring (bicyclic) bond motifs is 1. The number of hydrogen-bond acceptors (Lipinski definition) is 3. The van der Waals surface area contributed by atoms with Crippen LogP contribution in [0.25, 0.3) is 0 Å². The van der Waals surface area contributed by atoms with Gasteiger partial charge in [-0.2, -0.15) is 0 Å². The topological polar surface area (TPSA) is 79.5 Å². The number of aryl methyl sites for hydroxylation is 1. The van der Waals surface area contributed by atoms with Crippen molar-refractivity contribution in [3.05, 3.63) is 29.3 Å². The summed E-state index contributed by atoms with van der Waals surface area (Å²) >= 11 is 0. The van der Waals surface area contributed by atoms with Crippen molar-refractivity contribution in [3.8, 4) is 0 Å². The van der Waals surface area contributed by atoms with E-state index >= 15 is 0 Å². The van der Waals surface area contributed by atoms with Crippen molar-refractivity contribution >= 4 is 17.6 Å². The van der Waals surface area contributed by atoms with Crippen molar-refractivity contribution < 1.29 is 14.3 Å². The van der Waals surface area contributed by atoms with Crippen molar-refractivity contribution in [2.24, 2.45) is 5.92 Å². The van der Waals surface area contributed by atoms with E-state index in [9.17, 15) is 9.59 Å². The number of urea groups is 1. The summed E-state index contributed by atoms with van der Waals surface area (Å²) in [5.41, 5.74) is 3.04. The van der Waals surface area contributed by atoms with Crippen molar-refractivity contribution in [2.45, 2.75) is 32.2 Å². The molecule has 1 aromatic carbocycles. The third-order valence-corrected chi connectivity index (χ3v) is 4.45. The first kappa shape index (κ1) is 15.8. The lowest BCUT2D eigenvalue weighted by Crippen LogP contribution is -2.39. The number of hydrogen-bond donors (Lipinski definition) is 3. The molecular weight excluding hydrogens is 294 g/mol. The largest absolute Gasteiger partial charge is 0.381 e. The van der Waals surface area contributed by atoms with Gasteiger partial charge in [0.25, 0.3) is 0 Å². The van der Waals surface area contributed by atoms with Gasteiger partial charge in [-0.15, -0.1) is 0 Å². The van der Waals surface area contributed by atoms with Crippen LogP contribution in [0, 0.1) is 5.92 Å². The summed E-state index contributed by atoms with van der Waals surface area (Å²) in [6.07, 6.45) is 2.27. The molecule has 3 rings (SSSR count). The van der Waals surface area contributed by atoms with Crippen LogP contribution in [0.4, 0.5) is 10.5 Å². The molecule has 3 N–H and O–H groups in total. The highest BCUT2D eigenvalue weighted by atomic mass is 16.5. The van der Waals surface area contributed by atoms with Gasteiger partial charge >= 0.3 is 6.03 Å². The standard InChI is InChI=1S/C17H23N3O3/c1-11(19-17(22)18-9-12-6-7-23-10-12)13-2-4-15-14(8-13)3-5-16(21)20-15/h2,4,8,11-12H,3,5-7,9-10H2,1H3,(H,20,21)(H2,18,19,22). The van der Waals surface area contributed by atoms with Gasteiger partial charge in [0, 0.05) is 31.2 Å². The molecule has 0 aromatic heterocycles. The smallest absolute Gasteiger partial charge is 0.315 e. The Bertz CT molecular complexity index is 597. The van der Waals surface area contributed by atoms with E-state index in [4.69, 9.17) is 4.74 Å². The molecule has 6 heteroatoms. The molecule has 0 bridgehead atoms. The zero-order valence-corrected chi connectivity index (χ0v) is 13.4. The second-order valence-electron chi connectivity index (χ2n) is 6.27. The minimum absolute atomic E-state index is 0.0618. The molecule has 0 aliphatic carbocycles. The fraction of sp³-hybridized carbons (Fsp3) is 0.529. The highest BCUT2D eigenvalue weighted by Crippen LogP contribution is 2.26. The van der Waals surface area contributed by atoms with Crippen molar-refractivity contribution in [3.63, 3.8) is 0 Å². The van der Waals surface area contributed by atoms with Crippen LogP contribution in [-0.2, 0) is 16.0 Å². The molecule has 2 atom stereocenters. The van der Waals surface area contributed by atoms with E-state index in [1.807, 2.05) is 19.1 Å². The fourth-order valence-electron chi connectivity index (χ4n) is 2.99. The Balaban J connectivity index is 1.54. The Morgan fingerprint density at radius 3 is 3.09 bits per heavy atom. The molecule has 0 spiro atoms. The summed E-state index contributed by atoms with van der Waals surface area (Å²) in [6, 6.07) is 5.67. The van der Waals surface area contributed by atoms with E-state index in [0.717, 1.165) is 42.9 Å². The third kappa shape index (κ3) is 4.01. The van der Waals surface area contributed by atoms with Gasteiger partial charge in [0.1, 0.15) is 0 Å². The summed E-state index contributed by atoms with van der Waals surface area (Å²) in [5, 5.41) is 8.73. The van der Waals surface area contributed by atoms with E-state index in [0.29, 0.717) is 18.9 Å². The van der Waals surface area contributed by atoms with Crippen molar-refractivity contribution in [1.82, 2.24) is 10.6 Å². The molecule has 3 amide bonds. The zero-order valence-electron chi connectivity index (χ0n) is 13.4. The molecule has 23 heavy (non-hydrogen) atoms. The lowest BCUT2D eigenvalue weighted by Gasteiger charge is -2.21. The minimum Gasteiger partial charge on any atom is -0.381 e. The van der Waals surface area contributed by atoms with E-state index in [2.05, 4.69) is 22.0 Å². The number of carbonyl (C=O) groups is 2. The first-order valence-corrected chi connectivity index (χ1v) is 8.16. The van der Waals surface area contributed by atoms with Gasteiger partial charge in [-0.3, -0.25) is 4.79 Å². The fourth-order valence-corrected chi connectivity index (χ4v) is 2.99. The number of carbonyl (C=O) groups excluding carboxylic acids is 2. The number of nitrogens with one attached hydrogen (secondary N) is 3. The van der Waals surface area contributed by atoms with E-state index in [1.165, 1.54) is 0 Å². The van der Waals surface area contributed by atoms with Gasteiger partial charge in [0.15, 0.2) is 0 Å². The first-order valence-electron chi connectivity index (χ1n) is 8.16. The quantitative estimate of drug-likeness (QED) is 0.794. The number of benzene rings is 1. The molecule has 0 radical (unpaired) electrons. The molecule has 0 saturated carbocycles. The zero-order chi connectivity index (χ0) is 16.2. The van der Waals surface area contributed by atoms with Gasteiger partial charge in [-0.25, -0.2) is 4.79 Å². The maximum atomic E-state index is 12.0. The number of anilines is 1. The molecule has 2 unspecified atom stereocenters. The summed E-state index contributed by atoms with van der Waals surface area (Å²) in [7, 11) is 0. The van der Waals surface area contributed by atoms with Gasteiger partial charge in [0.05, 0.1) is 12.6 Å². The van der Waals surface area contributed by atoms with Gasteiger partial charge in [-0.05, 0) is 37.0 Å². The summed E-state index contributed by atoms with van der Waals surface area (Å²) in [5.74, 6) is 0.482. The highest BCUT2D eigenvalue weighted by molar-refractivity contribution is 5.93. The molecule has 2 aliphatic heterocycles. The average molecular weight is 317 g/mol. The van der Waals surface area contributed by atoms with Gasteiger partial charge in [-0.1, -0.05) is 12.1 Å². The lowest BCUT2D eigenvalue weighted by atomic mass is 9.98. The average Bonchev–Trinajstić information content (AvgIpc) is 3.05. The number of amides is 3. The Kier molecular flexibility index (Phi) is 4.81. The van der Waals surface area contributed by atoms with Crippen LogP contribution >= 0.6 is 0 Å². The van der Waals surface area contributed by atoms with Crippen LogP contribution < -0.4 is 16.0 Å².